The van der Waals surface area contributed by atoms with Crippen LogP contribution in [0.1, 0.15) is 24.0 Å². The third-order valence-electron chi connectivity index (χ3n) is 3.16. The molecule has 2 heteroatoms. The molecule has 0 N–H and O–H groups in total. The Hall–Kier alpha value is -1.38. The Balaban J connectivity index is 2.39. The lowest BCUT2D eigenvalue weighted by molar-refractivity contribution is 0.223. The lowest BCUT2D eigenvalue weighted by Crippen LogP contribution is -2.19. The molecule has 0 aromatic heterocycles. The van der Waals surface area contributed by atoms with Gasteiger partial charge in [-0.05, 0) is 18.1 Å². The van der Waals surface area contributed by atoms with Crippen molar-refractivity contribution in [3.8, 4) is 0 Å². The minimum Gasteiger partial charge on any atom is -0.424 e. The minimum atomic E-state index is 0.228. The topological polar surface area (TPSA) is 9.23 Å². The Labute approximate surface area is 106 Å². The van der Waals surface area contributed by atoms with Crippen LogP contribution in [0.25, 0.3) is 0 Å². The zero-order valence-electron chi connectivity index (χ0n) is 10.3. The molecule has 1 unspecified atom stereocenters. The van der Waals surface area contributed by atoms with Gasteiger partial charge in [0.2, 0.25) is 0 Å². The summed E-state index contributed by atoms with van der Waals surface area (Å²) in [5.41, 5.74) is 2.64. The van der Waals surface area contributed by atoms with Gasteiger partial charge in [-0.15, -0.1) is 0 Å². The molecule has 0 aliphatic heterocycles. The molecule has 0 fully saturated rings. The van der Waals surface area contributed by atoms with Crippen LogP contribution in [-0.4, -0.2) is 16.6 Å². The molecule has 0 amide bonds. The van der Waals surface area contributed by atoms with Crippen molar-refractivity contribution in [3.05, 3.63) is 71.8 Å². The van der Waals surface area contributed by atoms with Crippen LogP contribution >= 0.6 is 0 Å². The van der Waals surface area contributed by atoms with E-state index in [9.17, 15) is 0 Å². The molecule has 0 saturated carbocycles. The highest BCUT2D eigenvalue weighted by Crippen LogP contribution is 2.28. The maximum Gasteiger partial charge on any atom is 0.146 e. The Morgan fingerprint density at radius 2 is 1.24 bits per heavy atom. The summed E-state index contributed by atoms with van der Waals surface area (Å²) in [4.78, 5) is 0. The summed E-state index contributed by atoms with van der Waals surface area (Å²) >= 11 is 0. The first kappa shape index (κ1) is 12.1. The molecule has 2 aromatic rings. The summed E-state index contributed by atoms with van der Waals surface area (Å²) in [6, 6.07) is 21.2. The lowest BCUT2D eigenvalue weighted by atomic mass is 9.87. The molecule has 0 aliphatic carbocycles. The van der Waals surface area contributed by atoms with Crippen molar-refractivity contribution in [1.29, 1.82) is 0 Å². The molecule has 2 rings (SSSR count). The summed E-state index contributed by atoms with van der Waals surface area (Å²) in [5, 5.41) is 0. The lowest BCUT2D eigenvalue weighted by Gasteiger charge is -2.24. The van der Waals surface area contributed by atoms with Crippen LogP contribution in [-0.2, 0) is 4.43 Å². The van der Waals surface area contributed by atoms with E-state index in [4.69, 9.17) is 4.43 Å². The fourth-order valence-corrected chi connectivity index (χ4v) is 2.46. The van der Waals surface area contributed by atoms with E-state index in [0.29, 0.717) is 5.92 Å². The molecule has 17 heavy (non-hydrogen) atoms. The second-order valence-electron chi connectivity index (χ2n) is 4.24. The van der Waals surface area contributed by atoms with Crippen molar-refractivity contribution in [2.24, 2.45) is 0 Å². The van der Waals surface area contributed by atoms with E-state index in [-0.39, 0.29) is 6.10 Å². The van der Waals surface area contributed by atoms with Crippen LogP contribution in [0.4, 0.5) is 0 Å². The van der Waals surface area contributed by atoms with Gasteiger partial charge in [0.05, 0.1) is 6.10 Å². The van der Waals surface area contributed by atoms with Crippen molar-refractivity contribution in [2.75, 3.05) is 0 Å². The van der Waals surface area contributed by atoms with Gasteiger partial charge in [0.25, 0.3) is 0 Å². The van der Waals surface area contributed by atoms with Gasteiger partial charge in [0, 0.05) is 5.92 Å². The molecule has 2 aromatic carbocycles. The highest BCUT2D eigenvalue weighted by molar-refractivity contribution is 5.98. The van der Waals surface area contributed by atoms with E-state index in [0.717, 1.165) is 10.5 Å². The highest BCUT2D eigenvalue weighted by Gasteiger charge is 2.20. The molecule has 1 atom stereocenters. The number of hydrogen-bond acceptors (Lipinski definition) is 1. The molecule has 0 bridgehead atoms. The van der Waals surface area contributed by atoms with Crippen molar-refractivity contribution in [3.63, 3.8) is 0 Å². The van der Waals surface area contributed by atoms with E-state index < -0.39 is 0 Å². The standard InChI is InChI=1S/C15H18OSi/c1-12(16-17)15(13-8-4-2-5-9-13)14-10-6-3-7-11-14/h2-12,15H,1,17H3. The first-order chi connectivity index (χ1) is 8.33. The summed E-state index contributed by atoms with van der Waals surface area (Å²) in [6.07, 6.45) is 0.228. The monoisotopic (exact) mass is 242 g/mol. The predicted octanol–water partition coefficient (Wildman–Crippen LogP) is 2.50. The summed E-state index contributed by atoms with van der Waals surface area (Å²) in [7, 11) is 0.773. The Kier molecular flexibility index (Phi) is 4.12. The number of rotatable bonds is 4. The van der Waals surface area contributed by atoms with Gasteiger partial charge in [-0.25, -0.2) is 0 Å². The molecule has 0 spiro atoms. The van der Waals surface area contributed by atoms with Crippen molar-refractivity contribution in [1.82, 2.24) is 0 Å². The van der Waals surface area contributed by atoms with Crippen LogP contribution in [0.5, 0.6) is 0 Å². The normalized spacial score (nSPS) is 12.8. The first-order valence-corrected chi connectivity index (χ1v) is 6.77. The van der Waals surface area contributed by atoms with Crippen LogP contribution in [0, 0.1) is 0 Å². The quantitative estimate of drug-likeness (QED) is 0.749. The molecular formula is C15H18OSi. The van der Waals surface area contributed by atoms with E-state index in [1.807, 2.05) is 0 Å². The smallest absolute Gasteiger partial charge is 0.146 e. The zero-order valence-corrected chi connectivity index (χ0v) is 12.3. The van der Waals surface area contributed by atoms with Crippen LogP contribution in [0.3, 0.4) is 0 Å². The van der Waals surface area contributed by atoms with Crippen molar-refractivity contribution in [2.45, 2.75) is 18.9 Å². The molecule has 1 nitrogen and oxygen atoms in total. The van der Waals surface area contributed by atoms with Gasteiger partial charge < -0.3 is 4.43 Å². The average molecular weight is 242 g/mol. The Morgan fingerprint density at radius 3 is 1.59 bits per heavy atom. The second kappa shape index (κ2) is 5.80. The van der Waals surface area contributed by atoms with Gasteiger partial charge in [-0.3, -0.25) is 0 Å². The zero-order chi connectivity index (χ0) is 12.1. The fourth-order valence-electron chi connectivity index (χ4n) is 2.19. The summed E-state index contributed by atoms with van der Waals surface area (Å²) < 4.78 is 5.66. The molecule has 88 valence electrons. The maximum absolute atomic E-state index is 5.66. The van der Waals surface area contributed by atoms with Gasteiger partial charge >= 0.3 is 0 Å². The fraction of sp³-hybridized carbons (Fsp3) is 0.200. The van der Waals surface area contributed by atoms with Gasteiger partial charge in [0.15, 0.2) is 0 Å². The third kappa shape index (κ3) is 2.84. The molecule has 0 radical (unpaired) electrons. The first-order valence-electron chi connectivity index (χ1n) is 5.95. The van der Waals surface area contributed by atoms with E-state index in [1.54, 1.807) is 0 Å². The van der Waals surface area contributed by atoms with Gasteiger partial charge in [-0.1, -0.05) is 60.7 Å². The predicted molar refractivity (Wildman–Crippen MR) is 75.2 cm³/mol. The van der Waals surface area contributed by atoms with E-state index in [2.05, 4.69) is 67.6 Å². The molecule has 0 saturated heterocycles. The number of benzene rings is 2. The Morgan fingerprint density at radius 1 is 0.824 bits per heavy atom. The SMILES string of the molecule is CC(O[SiH3])C(c1ccccc1)c1ccccc1. The summed E-state index contributed by atoms with van der Waals surface area (Å²) in [5.74, 6) is 0.329. The van der Waals surface area contributed by atoms with Crippen LogP contribution in [0.2, 0.25) is 0 Å². The molecular weight excluding hydrogens is 224 g/mol. The van der Waals surface area contributed by atoms with Crippen molar-refractivity contribution >= 4 is 10.5 Å². The van der Waals surface area contributed by atoms with E-state index in [1.165, 1.54) is 11.1 Å². The third-order valence-corrected chi connectivity index (χ3v) is 3.90. The van der Waals surface area contributed by atoms with Gasteiger partial charge in [0.1, 0.15) is 10.5 Å². The number of hydrogen-bond donors (Lipinski definition) is 0. The van der Waals surface area contributed by atoms with Gasteiger partial charge in [-0.2, -0.15) is 0 Å². The minimum absolute atomic E-state index is 0.228. The van der Waals surface area contributed by atoms with Crippen molar-refractivity contribution < 1.29 is 4.43 Å². The van der Waals surface area contributed by atoms with Crippen LogP contribution in [0.15, 0.2) is 60.7 Å². The Bertz CT molecular complexity index is 401. The second-order valence-corrected chi connectivity index (χ2v) is 4.71. The summed E-state index contributed by atoms with van der Waals surface area (Å²) in [6.45, 7) is 2.15. The largest absolute Gasteiger partial charge is 0.424 e. The average Bonchev–Trinajstić information content (AvgIpc) is 2.41. The molecule has 0 aliphatic rings. The van der Waals surface area contributed by atoms with E-state index >= 15 is 0 Å². The van der Waals surface area contributed by atoms with Crippen LogP contribution < -0.4 is 0 Å². The highest BCUT2D eigenvalue weighted by atomic mass is 28.2. The maximum atomic E-state index is 5.66. The molecule has 0 heterocycles.